The van der Waals surface area contributed by atoms with E-state index in [4.69, 9.17) is 0 Å². The topological polar surface area (TPSA) is 23.6 Å². The Morgan fingerprint density at radius 3 is 2.69 bits per heavy atom. The van der Waals surface area contributed by atoms with Crippen molar-refractivity contribution in [3.63, 3.8) is 0 Å². The van der Waals surface area contributed by atoms with Crippen molar-refractivity contribution in [2.45, 2.75) is 46.1 Å². The van der Waals surface area contributed by atoms with Gasteiger partial charge in [0.25, 0.3) is 0 Å². The van der Waals surface area contributed by atoms with Crippen LogP contribution in [0, 0.1) is 5.41 Å². The molecule has 0 bridgehead atoms. The van der Waals surface area contributed by atoms with E-state index in [9.17, 15) is 4.79 Å². The molecule has 2 rings (SSSR count). The van der Waals surface area contributed by atoms with Gasteiger partial charge in [0.15, 0.2) is 0 Å². The van der Waals surface area contributed by atoms with E-state index < -0.39 is 0 Å². The number of rotatable bonds is 1. The third kappa shape index (κ3) is 2.76. The van der Waals surface area contributed by atoms with E-state index >= 15 is 0 Å². The van der Waals surface area contributed by atoms with Crippen LogP contribution in [-0.2, 0) is 4.79 Å². The lowest BCUT2D eigenvalue weighted by Gasteiger charge is -2.38. The molecule has 16 heavy (non-hydrogen) atoms. The first-order chi connectivity index (χ1) is 7.46. The second kappa shape index (κ2) is 4.36. The Kier molecular flexibility index (Phi) is 3.24. The van der Waals surface area contributed by atoms with E-state index in [2.05, 4.69) is 30.6 Å². The predicted octanol–water partition coefficient (Wildman–Crippen LogP) is 1.73. The van der Waals surface area contributed by atoms with Crippen LogP contribution < -0.4 is 0 Å². The molecule has 0 N–H and O–H groups in total. The molecule has 2 aliphatic heterocycles. The quantitative estimate of drug-likeness (QED) is 0.677. The maximum atomic E-state index is 12.1. The lowest BCUT2D eigenvalue weighted by Crippen LogP contribution is -2.52. The largest absolute Gasteiger partial charge is 0.340 e. The third-order valence-electron chi connectivity index (χ3n) is 3.62. The fraction of sp³-hybridized carbons (Fsp3) is 0.923. The lowest BCUT2D eigenvalue weighted by molar-refractivity contribution is -0.135. The normalized spacial score (nSPS) is 26.9. The lowest BCUT2D eigenvalue weighted by atomic mass is 9.91. The van der Waals surface area contributed by atoms with E-state index in [-0.39, 0.29) is 5.41 Å². The van der Waals surface area contributed by atoms with Gasteiger partial charge in [0, 0.05) is 32.1 Å². The van der Waals surface area contributed by atoms with Gasteiger partial charge in [-0.25, -0.2) is 0 Å². The molecule has 3 nitrogen and oxygen atoms in total. The number of carbonyl (C=O) groups is 1. The molecular weight excluding hydrogens is 200 g/mol. The molecule has 0 radical (unpaired) electrons. The van der Waals surface area contributed by atoms with Gasteiger partial charge in [-0.3, -0.25) is 9.69 Å². The van der Waals surface area contributed by atoms with Crippen LogP contribution in [0.3, 0.4) is 0 Å². The van der Waals surface area contributed by atoms with Gasteiger partial charge < -0.3 is 4.90 Å². The van der Waals surface area contributed by atoms with E-state index in [0.717, 1.165) is 19.6 Å². The highest BCUT2D eigenvalue weighted by Crippen LogP contribution is 2.24. The Labute approximate surface area is 98.8 Å². The first-order valence-electron chi connectivity index (χ1n) is 6.47. The molecule has 3 heteroatoms. The van der Waals surface area contributed by atoms with Crippen LogP contribution in [-0.4, -0.2) is 47.9 Å². The summed E-state index contributed by atoms with van der Waals surface area (Å²) in [5, 5.41) is 0. The zero-order valence-electron chi connectivity index (χ0n) is 10.8. The number of amides is 1. The van der Waals surface area contributed by atoms with Gasteiger partial charge in [0.1, 0.15) is 0 Å². The number of hydrogen-bond donors (Lipinski definition) is 0. The fourth-order valence-corrected chi connectivity index (χ4v) is 2.78. The molecule has 0 aliphatic carbocycles. The summed E-state index contributed by atoms with van der Waals surface area (Å²) in [6.45, 7) is 10.6. The molecule has 0 aromatic heterocycles. The maximum absolute atomic E-state index is 12.1. The van der Waals surface area contributed by atoms with Crippen molar-refractivity contribution in [1.29, 1.82) is 0 Å². The summed E-state index contributed by atoms with van der Waals surface area (Å²) in [5.74, 6) is 0.346. The molecule has 0 spiro atoms. The Morgan fingerprint density at radius 2 is 2.00 bits per heavy atom. The summed E-state index contributed by atoms with van der Waals surface area (Å²) in [6, 6.07) is 0.651. The summed E-state index contributed by atoms with van der Waals surface area (Å²) in [5.41, 5.74) is 0.115. The maximum Gasteiger partial charge on any atom is 0.223 e. The van der Waals surface area contributed by atoms with Gasteiger partial charge in [0.2, 0.25) is 5.91 Å². The highest BCUT2D eigenvalue weighted by atomic mass is 16.2. The van der Waals surface area contributed by atoms with Gasteiger partial charge in [-0.05, 0) is 24.8 Å². The van der Waals surface area contributed by atoms with Crippen LogP contribution in [0.1, 0.15) is 40.0 Å². The van der Waals surface area contributed by atoms with Crippen LogP contribution in [0.5, 0.6) is 0 Å². The summed E-state index contributed by atoms with van der Waals surface area (Å²) < 4.78 is 0. The van der Waals surface area contributed by atoms with Crippen molar-refractivity contribution in [2.75, 3.05) is 26.2 Å². The van der Waals surface area contributed by atoms with Crippen LogP contribution in [0.25, 0.3) is 0 Å². The molecule has 2 heterocycles. The van der Waals surface area contributed by atoms with E-state index in [1.807, 2.05) is 0 Å². The zero-order valence-corrected chi connectivity index (χ0v) is 10.8. The first-order valence-corrected chi connectivity index (χ1v) is 6.47. The number of fused-ring (bicyclic) bond motifs is 1. The molecule has 1 atom stereocenters. The molecule has 92 valence electrons. The van der Waals surface area contributed by atoms with Crippen molar-refractivity contribution in [3.8, 4) is 0 Å². The molecular formula is C13H24N2O. The molecule has 2 saturated heterocycles. The summed E-state index contributed by atoms with van der Waals surface area (Å²) in [6.07, 6.45) is 3.27. The minimum atomic E-state index is 0.115. The fourth-order valence-electron chi connectivity index (χ4n) is 2.78. The van der Waals surface area contributed by atoms with Gasteiger partial charge >= 0.3 is 0 Å². The molecule has 1 amide bonds. The SMILES string of the molecule is CC(C)(C)CC(=O)N1CCN2CCCC2C1. The van der Waals surface area contributed by atoms with Crippen molar-refractivity contribution >= 4 is 5.91 Å². The molecule has 2 aliphatic rings. The Hall–Kier alpha value is -0.570. The minimum absolute atomic E-state index is 0.115. The van der Waals surface area contributed by atoms with E-state index in [0.29, 0.717) is 18.4 Å². The monoisotopic (exact) mass is 224 g/mol. The van der Waals surface area contributed by atoms with Crippen LogP contribution in [0.4, 0.5) is 0 Å². The van der Waals surface area contributed by atoms with Gasteiger partial charge in [-0.15, -0.1) is 0 Å². The van der Waals surface area contributed by atoms with Gasteiger partial charge in [0.05, 0.1) is 0 Å². The third-order valence-corrected chi connectivity index (χ3v) is 3.62. The Morgan fingerprint density at radius 1 is 1.25 bits per heavy atom. The summed E-state index contributed by atoms with van der Waals surface area (Å²) >= 11 is 0. The molecule has 2 fully saturated rings. The van der Waals surface area contributed by atoms with Crippen molar-refractivity contribution < 1.29 is 4.79 Å². The van der Waals surface area contributed by atoms with Crippen LogP contribution in [0.15, 0.2) is 0 Å². The van der Waals surface area contributed by atoms with Crippen LogP contribution >= 0.6 is 0 Å². The smallest absolute Gasteiger partial charge is 0.223 e. The second-order valence-electron chi connectivity index (χ2n) is 6.41. The number of carbonyl (C=O) groups excluding carboxylic acids is 1. The first kappa shape index (κ1) is 11.9. The average molecular weight is 224 g/mol. The Bertz CT molecular complexity index is 270. The van der Waals surface area contributed by atoms with E-state index in [1.165, 1.54) is 19.4 Å². The second-order valence-corrected chi connectivity index (χ2v) is 6.41. The van der Waals surface area contributed by atoms with Crippen molar-refractivity contribution in [3.05, 3.63) is 0 Å². The van der Waals surface area contributed by atoms with Crippen molar-refractivity contribution in [1.82, 2.24) is 9.80 Å². The van der Waals surface area contributed by atoms with Gasteiger partial charge in [-0.2, -0.15) is 0 Å². The Balaban J connectivity index is 1.89. The molecule has 0 saturated carbocycles. The predicted molar refractivity (Wildman–Crippen MR) is 65.2 cm³/mol. The standard InChI is InChI=1S/C13H24N2O/c1-13(2,3)9-12(16)15-8-7-14-6-4-5-11(14)10-15/h11H,4-10H2,1-3H3. The van der Waals surface area contributed by atoms with E-state index in [1.54, 1.807) is 0 Å². The zero-order chi connectivity index (χ0) is 11.8. The molecule has 1 unspecified atom stereocenters. The summed E-state index contributed by atoms with van der Waals surface area (Å²) in [4.78, 5) is 16.7. The average Bonchev–Trinajstić information content (AvgIpc) is 2.61. The van der Waals surface area contributed by atoms with Gasteiger partial charge in [-0.1, -0.05) is 20.8 Å². The van der Waals surface area contributed by atoms with Crippen LogP contribution in [0.2, 0.25) is 0 Å². The number of piperazine rings is 1. The van der Waals surface area contributed by atoms with Crippen molar-refractivity contribution in [2.24, 2.45) is 5.41 Å². The number of nitrogens with zero attached hydrogens (tertiary/aromatic N) is 2. The number of hydrogen-bond acceptors (Lipinski definition) is 2. The highest BCUT2D eigenvalue weighted by Gasteiger charge is 2.33. The molecule has 0 aromatic carbocycles. The summed E-state index contributed by atoms with van der Waals surface area (Å²) in [7, 11) is 0. The highest BCUT2D eigenvalue weighted by molar-refractivity contribution is 5.77. The molecule has 0 aromatic rings. The minimum Gasteiger partial charge on any atom is -0.340 e.